The highest BCUT2D eigenvalue weighted by atomic mass is 32.1. The second kappa shape index (κ2) is 12.3. The quantitative estimate of drug-likeness (QED) is 0.178. The first-order valence-electron chi connectivity index (χ1n) is 17.9. The molecule has 0 amide bonds. The van der Waals surface area contributed by atoms with Gasteiger partial charge in [0.05, 0.1) is 5.52 Å². The lowest BCUT2D eigenvalue weighted by molar-refractivity contribution is 0.670. The number of nitrogens with zero attached hydrogens (tertiary/aromatic N) is 4. The molecule has 0 fully saturated rings. The van der Waals surface area contributed by atoms with E-state index in [0.717, 1.165) is 71.8 Å². The van der Waals surface area contributed by atoms with E-state index in [1.54, 1.807) is 11.3 Å². The summed E-state index contributed by atoms with van der Waals surface area (Å²) in [5.41, 5.74) is 9.77. The molecule has 252 valence electrons. The standard InChI is InChI=1S/C48H28N4OS/c1-2-10-31(11-3-1)46-50-47(32-25-26-43-39(28-32)36-12-4-5-20-42(36)54-43)52-48(51-46)38-16-8-19-41-44(38)37-15-6-14-34(45(37)53-41)30-23-21-29(22-24-30)33-13-7-18-40-35(33)17-9-27-49-40/h1-28H. The molecule has 0 spiro atoms. The van der Waals surface area contributed by atoms with Crippen molar-refractivity contribution in [2.24, 2.45) is 0 Å². The van der Waals surface area contributed by atoms with E-state index in [0.29, 0.717) is 17.5 Å². The zero-order chi connectivity index (χ0) is 35.6. The van der Waals surface area contributed by atoms with E-state index >= 15 is 0 Å². The van der Waals surface area contributed by atoms with E-state index in [-0.39, 0.29) is 0 Å². The molecule has 0 aliphatic rings. The van der Waals surface area contributed by atoms with Gasteiger partial charge in [0.1, 0.15) is 11.2 Å². The zero-order valence-electron chi connectivity index (χ0n) is 28.8. The fraction of sp³-hybridized carbons (Fsp3) is 0. The van der Waals surface area contributed by atoms with E-state index in [1.165, 1.54) is 20.2 Å². The molecule has 11 rings (SSSR count). The Labute approximate surface area is 313 Å². The molecule has 0 bridgehead atoms. The van der Waals surface area contributed by atoms with Crippen LogP contribution in [0, 0.1) is 0 Å². The zero-order valence-corrected chi connectivity index (χ0v) is 29.6. The number of rotatable bonds is 5. The topological polar surface area (TPSA) is 64.7 Å². The molecule has 0 saturated heterocycles. The third kappa shape index (κ3) is 4.99. The second-order valence-corrected chi connectivity index (χ2v) is 14.5. The van der Waals surface area contributed by atoms with Gasteiger partial charge in [-0.25, -0.2) is 15.0 Å². The number of furan rings is 1. The number of pyridine rings is 1. The molecule has 4 heterocycles. The second-order valence-electron chi connectivity index (χ2n) is 13.4. The average Bonchev–Trinajstić information content (AvgIpc) is 3.82. The molecule has 54 heavy (non-hydrogen) atoms. The lowest BCUT2D eigenvalue weighted by Gasteiger charge is -2.09. The molecule has 0 unspecified atom stereocenters. The molecular weight excluding hydrogens is 681 g/mol. The fourth-order valence-electron chi connectivity index (χ4n) is 7.65. The molecule has 4 aromatic heterocycles. The maximum absolute atomic E-state index is 6.70. The number of aromatic nitrogens is 4. The summed E-state index contributed by atoms with van der Waals surface area (Å²) in [6, 6.07) is 56.7. The Morgan fingerprint density at radius 2 is 1.06 bits per heavy atom. The largest absolute Gasteiger partial charge is 0.455 e. The minimum atomic E-state index is 0.599. The molecule has 0 aliphatic heterocycles. The summed E-state index contributed by atoms with van der Waals surface area (Å²) in [4.78, 5) is 19.9. The van der Waals surface area contributed by atoms with Crippen molar-refractivity contribution in [1.29, 1.82) is 0 Å². The predicted molar refractivity (Wildman–Crippen MR) is 222 cm³/mol. The van der Waals surface area contributed by atoms with Crippen molar-refractivity contribution in [3.63, 3.8) is 0 Å². The summed E-state index contributed by atoms with van der Waals surface area (Å²) in [7, 11) is 0. The minimum absolute atomic E-state index is 0.599. The highest BCUT2D eigenvalue weighted by molar-refractivity contribution is 7.25. The minimum Gasteiger partial charge on any atom is -0.455 e. The van der Waals surface area contributed by atoms with Crippen LogP contribution in [0.25, 0.3) is 109 Å². The molecule has 5 nitrogen and oxygen atoms in total. The first-order chi connectivity index (χ1) is 26.7. The van der Waals surface area contributed by atoms with Gasteiger partial charge in [-0.05, 0) is 59.2 Å². The van der Waals surface area contributed by atoms with Crippen molar-refractivity contribution < 1.29 is 4.42 Å². The van der Waals surface area contributed by atoms with Gasteiger partial charge < -0.3 is 4.42 Å². The number of hydrogen-bond acceptors (Lipinski definition) is 6. The third-order valence-corrected chi connectivity index (χ3v) is 11.4. The van der Waals surface area contributed by atoms with Gasteiger partial charge in [-0.2, -0.15) is 0 Å². The van der Waals surface area contributed by atoms with Crippen molar-refractivity contribution in [2.45, 2.75) is 0 Å². The Hall–Kier alpha value is -7.02. The molecule has 0 radical (unpaired) electrons. The van der Waals surface area contributed by atoms with Crippen LogP contribution in [0.1, 0.15) is 0 Å². The Morgan fingerprint density at radius 3 is 1.94 bits per heavy atom. The van der Waals surface area contributed by atoms with Crippen molar-refractivity contribution in [3.05, 3.63) is 170 Å². The summed E-state index contributed by atoms with van der Waals surface area (Å²) in [5.74, 6) is 1.85. The van der Waals surface area contributed by atoms with Crippen LogP contribution in [0.5, 0.6) is 0 Å². The highest BCUT2D eigenvalue weighted by Crippen LogP contribution is 2.41. The summed E-state index contributed by atoms with van der Waals surface area (Å²) >= 11 is 1.80. The van der Waals surface area contributed by atoms with Crippen molar-refractivity contribution in [2.75, 3.05) is 0 Å². The summed E-state index contributed by atoms with van der Waals surface area (Å²) < 4.78 is 9.21. The first-order valence-corrected chi connectivity index (χ1v) is 18.7. The molecule has 0 atom stereocenters. The number of thiophene rings is 1. The smallest absolute Gasteiger partial charge is 0.164 e. The Morgan fingerprint density at radius 1 is 0.407 bits per heavy atom. The van der Waals surface area contributed by atoms with Crippen LogP contribution in [0.4, 0.5) is 0 Å². The van der Waals surface area contributed by atoms with E-state index in [1.807, 2.05) is 54.7 Å². The van der Waals surface area contributed by atoms with E-state index in [9.17, 15) is 0 Å². The Kier molecular flexibility index (Phi) is 6.97. The monoisotopic (exact) mass is 708 g/mol. The molecule has 0 aliphatic carbocycles. The van der Waals surface area contributed by atoms with Crippen LogP contribution in [-0.2, 0) is 0 Å². The molecule has 0 N–H and O–H groups in total. The van der Waals surface area contributed by atoms with Gasteiger partial charge in [-0.3, -0.25) is 4.98 Å². The van der Waals surface area contributed by atoms with Gasteiger partial charge in [-0.1, -0.05) is 121 Å². The van der Waals surface area contributed by atoms with Crippen LogP contribution < -0.4 is 0 Å². The van der Waals surface area contributed by atoms with Crippen LogP contribution >= 0.6 is 11.3 Å². The molecular formula is C48H28N4OS. The van der Waals surface area contributed by atoms with Crippen LogP contribution in [-0.4, -0.2) is 19.9 Å². The van der Waals surface area contributed by atoms with Gasteiger partial charge in [0.2, 0.25) is 0 Å². The maximum Gasteiger partial charge on any atom is 0.164 e. The maximum atomic E-state index is 6.70. The van der Waals surface area contributed by atoms with E-state index in [2.05, 4.69) is 120 Å². The highest BCUT2D eigenvalue weighted by Gasteiger charge is 2.20. The van der Waals surface area contributed by atoms with Gasteiger partial charge in [-0.15, -0.1) is 11.3 Å². The average molecular weight is 709 g/mol. The van der Waals surface area contributed by atoms with Gasteiger partial charge in [0, 0.05) is 64.8 Å². The molecule has 6 heteroatoms. The van der Waals surface area contributed by atoms with Crippen LogP contribution in [0.3, 0.4) is 0 Å². The predicted octanol–water partition coefficient (Wildman–Crippen LogP) is 13.0. The lowest BCUT2D eigenvalue weighted by Crippen LogP contribution is -2.00. The third-order valence-electron chi connectivity index (χ3n) is 10.2. The SMILES string of the molecule is c1ccc(-c2nc(-c3ccc4sc5ccccc5c4c3)nc(-c3cccc4oc5c(-c6ccc(-c7cccc8ncccc78)cc6)cccc5c34)n2)cc1. The lowest BCUT2D eigenvalue weighted by atomic mass is 9.96. The van der Waals surface area contributed by atoms with Crippen molar-refractivity contribution in [3.8, 4) is 56.4 Å². The Bertz CT molecular complexity index is 3220. The van der Waals surface area contributed by atoms with Crippen LogP contribution in [0.2, 0.25) is 0 Å². The number of fused-ring (bicyclic) bond motifs is 7. The van der Waals surface area contributed by atoms with E-state index in [4.69, 9.17) is 19.4 Å². The van der Waals surface area contributed by atoms with Crippen molar-refractivity contribution >= 4 is 64.4 Å². The molecule has 0 saturated carbocycles. The first kappa shape index (κ1) is 30.6. The number of para-hydroxylation sites is 1. The van der Waals surface area contributed by atoms with Gasteiger partial charge >= 0.3 is 0 Å². The number of hydrogen-bond donors (Lipinski definition) is 0. The van der Waals surface area contributed by atoms with Crippen molar-refractivity contribution in [1.82, 2.24) is 19.9 Å². The van der Waals surface area contributed by atoms with Gasteiger partial charge in [0.25, 0.3) is 0 Å². The fourth-order valence-corrected chi connectivity index (χ4v) is 8.74. The van der Waals surface area contributed by atoms with Gasteiger partial charge in [0.15, 0.2) is 17.5 Å². The Balaban J connectivity index is 1.06. The molecule has 11 aromatic rings. The normalized spacial score (nSPS) is 11.7. The summed E-state index contributed by atoms with van der Waals surface area (Å²) in [6.07, 6.45) is 1.84. The van der Waals surface area contributed by atoms with E-state index < -0.39 is 0 Å². The summed E-state index contributed by atoms with van der Waals surface area (Å²) in [5, 5.41) is 5.57. The summed E-state index contributed by atoms with van der Waals surface area (Å²) in [6.45, 7) is 0. The van der Waals surface area contributed by atoms with Crippen LogP contribution in [0.15, 0.2) is 174 Å². The number of benzene rings is 7. The molecule has 7 aromatic carbocycles.